The molecule has 0 radical (unpaired) electrons. The zero-order chi connectivity index (χ0) is 17.5. The van der Waals surface area contributed by atoms with Crippen LogP contribution in [0.1, 0.15) is 25.7 Å². The normalized spacial score (nSPS) is 22.3. The van der Waals surface area contributed by atoms with Crippen LogP contribution in [0.4, 0.5) is 10.5 Å². The first-order chi connectivity index (χ1) is 12.2. The molecule has 0 bridgehead atoms. The lowest BCUT2D eigenvalue weighted by Crippen LogP contribution is -2.37. The summed E-state index contributed by atoms with van der Waals surface area (Å²) in [6.45, 7) is 4.82. The van der Waals surface area contributed by atoms with Gasteiger partial charge in [-0.25, -0.2) is 4.79 Å². The lowest BCUT2D eigenvalue weighted by Gasteiger charge is -2.24. The second kappa shape index (κ2) is 9.06. The van der Waals surface area contributed by atoms with Crippen molar-refractivity contribution in [3.05, 3.63) is 24.3 Å². The molecule has 1 atom stereocenters. The summed E-state index contributed by atoms with van der Waals surface area (Å²) in [5.41, 5.74) is 0.723. The van der Waals surface area contributed by atoms with Crippen LogP contribution in [0.3, 0.4) is 0 Å². The third kappa shape index (κ3) is 5.34. The number of hydrogen-bond donors (Lipinski definition) is 1. The summed E-state index contributed by atoms with van der Waals surface area (Å²) in [5, 5.41) is 3.01. The van der Waals surface area contributed by atoms with Crippen LogP contribution in [-0.4, -0.2) is 68.4 Å². The summed E-state index contributed by atoms with van der Waals surface area (Å²) in [7, 11) is 2.10. The van der Waals surface area contributed by atoms with Crippen molar-refractivity contribution in [2.75, 3.05) is 51.8 Å². The molecule has 0 spiro atoms. The summed E-state index contributed by atoms with van der Waals surface area (Å²) in [5.74, 6) is 0.706. The number of rotatable bonds is 4. The summed E-state index contributed by atoms with van der Waals surface area (Å²) in [4.78, 5) is 16.7. The van der Waals surface area contributed by atoms with Crippen molar-refractivity contribution in [3.63, 3.8) is 0 Å². The maximum absolute atomic E-state index is 12.6. The van der Waals surface area contributed by atoms with Crippen molar-refractivity contribution in [1.82, 2.24) is 9.80 Å². The van der Waals surface area contributed by atoms with E-state index in [9.17, 15) is 4.79 Å². The van der Waals surface area contributed by atoms with Crippen molar-refractivity contribution in [1.29, 1.82) is 0 Å². The lowest BCUT2D eigenvalue weighted by molar-refractivity contribution is -0.0109. The SMILES string of the molecule is CN1CCCN(C(=O)Nc2ccccc2OC[C@H]2CCCCO2)CC1. The maximum Gasteiger partial charge on any atom is 0.321 e. The molecule has 0 aliphatic carbocycles. The zero-order valence-electron chi connectivity index (χ0n) is 15.1. The fraction of sp³-hybridized carbons (Fsp3) is 0.632. The predicted molar refractivity (Wildman–Crippen MR) is 98.2 cm³/mol. The molecule has 1 N–H and O–H groups in total. The molecule has 0 aromatic heterocycles. The lowest BCUT2D eigenvalue weighted by atomic mass is 10.1. The van der Waals surface area contributed by atoms with Gasteiger partial charge in [0.2, 0.25) is 0 Å². The molecular weight excluding hydrogens is 318 g/mol. The predicted octanol–water partition coefficient (Wildman–Crippen LogP) is 2.80. The number of nitrogens with zero attached hydrogens (tertiary/aromatic N) is 2. The van der Waals surface area contributed by atoms with E-state index >= 15 is 0 Å². The summed E-state index contributed by atoms with van der Waals surface area (Å²) in [6.07, 6.45) is 4.51. The van der Waals surface area contributed by atoms with Gasteiger partial charge in [0, 0.05) is 26.2 Å². The smallest absolute Gasteiger partial charge is 0.321 e. The van der Waals surface area contributed by atoms with Gasteiger partial charge in [-0.15, -0.1) is 0 Å². The summed E-state index contributed by atoms with van der Waals surface area (Å²) in [6, 6.07) is 7.57. The molecule has 2 amide bonds. The Morgan fingerprint density at radius 1 is 1.20 bits per heavy atom. The first-order valence-corrected chi connectivity index (χ1v) is 9.30. The van der Waals surface area contributed by atoms with Crippen molar-refractivity contribution in [2.24, 2.45) is 0 Å². The Hall–Kier alpha value is -1.79. The Morgan fingerprint density at radius 3 is 2.92 bits per heavy atom. The molecule has 1 aromatic carbocycles. The summed E-state index contributed by atoms with van der Waals surface area (Å²) < 4.78 is 11.7. The molecule has 2 saturated heterocycles. The molecule has 1 aromatic rings. The van der Waals surface area contributed by atoms with Crippen LogP contribution in [0.15, 0.2) is 24.3 Å². The summed E-state index contributed by atoms with van der Waals surface area (Å²) >= 11 is 0. The second-order valence-corrected chi connectivity index (χ2v) is 6.87. The number of likely N-dealkylation sites (N-methyl/N-ethyl adjacent to an activating group) is 1. The van der Waals surface area contributed by atoms with Crippen LogP contribution < -0.4 is 10.1 Å². The number of ether oxygens (including phenoxy) is 2. The molecular formula is C19H29N3O3. The average molecular weight is 347 g/mol. The minimum absolute atomic E-state index is 0.0553. The largest absolute Gasteiger partial charge is 0.489 e. The number of hydrogen-bond acceptors (Lipinski definition) is 4. The van der Waals surface area contributed by atoms with Crippen LogP contribution in [0.25, 0.3) is 0 Å². The number of carbonyl (C=O) groups is 1. The van der Waals surface area contributed by atoms with E-state index in [-0.39, 0.29) is 12.1 Å². The van der Waals surface area contributed by atoms with Gasteiger partial charge in [0.15, 0.2) is 0 Å². The zero-order valence-corrected chi connectivity index (χ0v) is 15.1. The number of amides is 2. The third-order valence-electron chi connectivity index (χ3n) is 4.83. The Balaban J connectivity index is 1.57. The van der Waals surface area contributed by atoms with Crippen molar-refractivity contribution >= 4 is 11.7 Å². The molecule has 6 nitrogen and oxygen atoms in total. The van der Waals surface area contributed by atoms with Gasteiger partial charge < -0.3 is 24.6 Å². The van der Waals surface area contributed by atoms with E-state index in [0.29, 0.717) is 12.4 Å². The van der Waals surface area contributed by atoms with Gasteiger partial charge in [-0.3, -0.25) is 0 Å². The van der Waals surface area contributed by atoms with Gasteiger partial charge in [-0.2, -0.15) is 0 Å². The highest BCUT2D eigenvalue weighted by molar-refractivity contribution is 5.91. The molecule has 2 fully saturated rings. The highest BCUT2D eigenvalue weighted by Crippen LogP contribution is 2.25. The van der Waals surface area contributed by atoms with Gasteiger partial charge in [-0.05, 0) is 51.4 Å². The fourth-order valence-electron chi connectivity index (χ4n) is 3.26. The molecule has 138 valence electrons. The molecule has 3 rings (SSSR count). The van der Waals surface area contributed by atoms with Gasteiger partial charge in [-0.1, -0.05) is 12.1 Å². The van der Waals surface area contributed by atoms with Gasteiger partial charge in [0.05, 0.1) is 11.8 Å². The van der Waals surface area contributed by atoms with Gasteiger partial charge >= 0.3 is 6.03 Å². The molecule has 6 heteroatoms. The van der Waals surface area contributed by atoms with Crippen LogP contribution in [-0.2, 0) is 4.74 Å². The maximum atomic E-state index is 12.6. The van der Waals surface area contributed by atoms with E-state index < -0.39 is 0 Å². The Morgan fingerprint density at radius 2 is 2.08 bits per heavy atom. The minimum atomic E-state index is -0.0553. The Kier molecular flexibility index (Phi) is 6.53. The van der Waals surface area contributed by atoms with Gasteiger partial charge in [0.25, 0.3) is 0 Å². The fourth-order valence-corrected chi connectivity index (χ4v) is 3.26. The quantitative estimate of drug-likeness (QED) is 0.910. The van der Waals surface area contributed by atoms with Gasteiger partial charge in [0.1, 0.15) is 12.4 Å². The van der Waals surface area contributed by atoms with E-state index in [1.165, 1.54) is 6.42 Å². The van der Waals surface area contributed by atoms with Crippen molar-refractivity contribution in [2.45, 2.75) is 31.8 Å². The van der Waals surface area contributed by atoms with Crippen molar-refractivity contribution < 1.29 is 14.3 Å². The topological polar surface area (TPSA) is 54.0 Å². The standard InChI is InChI=1S/C19H29N3O3/c1-21-10-6-11-22(13-12-21)19(23)20-17-8-2-3-9-18(17)25-15-16-7-4-5-14-24-16/h2-3,8-9,16H,4-7,10-15H2,1H3,(H,20,23)/t16-/m1/s1. The highest BCUT2D eigenvalue weighted by Gasteiger charge is 2.19. The molecule has 2 aliphatic rings. The number of benzene rings is 1. The monoisotopic (exact) mass is 347 g/mol. The van der Waals surface area contributed by atoms with E-state index in [4.69, 9.17) is 9.47 Å². The van der Waals surface area contributed by atoms with Crippen LogP contribution in [0.5, 0.6) is 5.75 Å². The minimum Gasteiger partial charge on any atom is -0.489 e. The molecule has 25 heavy (non-hydrogen) atoms. The van der Waals surface area contributed by atoms with E-state index in [1.54, 1.807) is 0 Å². The van der Waals surface area contributed by atoms with Crippen LogP contribution >= 0.6 is 0 Å². The molecule has 2 aliphatic heterocycles. The van der Waals surface area contributed by atoms with E-state index in [2.05, 4.69) is 17.3 Å². The Bertz CT molecular complexity index is 561. The third-order valence-corrected chi connectivity index (χ3v) is 4.83. The van der Waals surface area contributed by atoms with Crippen molar-refractivity contribution in [3.8, 4) is 5.75 Å². The first-order valence-electron chi connectivity index (χ1n) is 9.30. The number of anilines is 1. The van der Waals surface area contributed by atoms with Crippen LogP contribution in [0, 0.1) is 0 Å². The number of carbonyl (C=O) groups excluding carboxylic acids is 1. The van der Waals surface area contributed by atoms with E-state index in [1.807, 2.05) is 29.2 Å². The second-order valence-electron chi connectivity index (χ2n) is 6.87. The first kappa shape index (κ1) is 18.0. The number of para-hydroxylation sites is 2. The molecule has 0 saturated carbocycles. The molecule has 2 heterocycles. The van der Waals surface area contributed by atoms with Crippen LogP contribution in [0.2, 0.25) is 0 Å². The molecule has 0 unspecified atom stereocenters. The Labute approximate surface area is 150 Å². The highest BCUT2D eigenvalue weighted by atomic mass is 16.5. The van der Waals surface area contributed by atoms with E-state index in [0.717, 1.165) is 57.7 Å². The number of nitrogens with one attached hydrogen (secondary N) is 1. The number of urea groups is 1. The average Bonchev–Trinajstić information content (AvgIpc) is 2.86.